The molecule has 1 fully saturated rings. The molecule has 9 heteroatoms. The van der Waals surface area contributed by atoms with Gasteiger partial charge < -0.3 is 9.57 Å². The number of aryl methyl sites for hydroxylation is 1. The van der Waals surface area contributed by atoms with Gasteiger partial charge in [-0.3, -0.25) is 14.1 Å². The number of benzene rings is 1. The number of hydroxylamine groups is 2. The predicted molar refractivity (Wildman–Crippen MR) is 84.5 cm³/mol. The molecule has 1 heterocycles. The van der Waals surface area contributed by atoms with Crippen LogP contribution in [0.25, 0.3) is 0 Å². The van der Waals surface area contributed by atoms with E-state index in [1.807, 2.05) is 6.92 Å². The SMILES string of the molecule is COC(=O)[C@@H]1CCCN1OC(C)=O.Cc1ccc(S(=O)(=O)O)cc1. The van der Waals surface area contributed by atoms with E-state index in [1.54, 1.807) is 12.1 Å². The second-order valence-electron chi connectivity index (χ2n) is 5.19. The van der Waals surface area contributed by atoms with Gasteiger partial charge in [0.15, 0.2) is 0 Å². The van der Waals surface area contributed by atoms with Gasteiger partial charge in [-0.1, -0.05) is 17.7 Å². The Bertz CT molecular complexity index is 670. The molecule has 1 atom stereocenters. The lowest BCUT2D eigenvalue weighted by Crippen LogP contribution is -2.37. The molecule has 0 spiro atoms. The molecule has 0 unspecified atom stereocenters. The Kier molecular flexibility index (Phi) is 7.33. The maximum absolute atomic E-state index is 11.2. The fourth-order valence-corrected chi connectivity index (χ4v) is 2.58. The first-order chi connectivity index (χ1) is 11.1. The van der Waals surface area contributed by atoms with E-state index in [0.29, 0.717) is 13.0 Å². The second-order valence-corrected chi connectivity index (χ2v) is 6.61. The molecule has 1 aliphatic rings. The first kappa shape index (κ1) is 20.1. The van der Waals surface area contributed by atoms with Crippen LogP contribution in [0.3, 0.4) is 0 Å². The number of methoxy groups -OCH3 is 1. The minimum absolute atomic E-state index is 0.0666. The maximum atomic E-state index is 11.2. The number of ether oxygens (including phenoxy) is 1. The zero-order valence-electron chi connectivity index (χ0n) is 13.8. The van der Waals surface area contributed by atoms with Crippen molar-refractivity contribution in [2.24, 2.45) is 0 Å². The summed E-state index contributed by atoms with van der Waals surface area (Å²) in [4.78, 5) is 26.6. The summed E-state index contributed by atoms with van der Waals surface area (Å²) in [6.45, 7) is 3.75. The molecule has 134 valence electrons. The fourth-order valence-electron chi connectivity index (χ4n) is 2.10. The summed E-state index contributed by atoms with van der Waals surface area (Å²) in [5.74, 6) is -0.755. The first-order valence-electron chi connectivity index (χ1n) is 7.22. The molecular formula is C15H21NO7S. The molecule has 0 aromatic heterocycles. The Morgan fingerprint density at radius 1 is 1.25 bits per heavy atom. The Balaban J connectivity index is 0.000000243. The lowest BCUT2D eigenvalue weighted by atomic mass is 10.2. The van der Waals surface area contributed by atoms with Crippen LogP contribution in [0.5, 0.6) is 0 Å². The summed E-state index contributed by atoms with van der Waals surface area (Å²) in [6.07, 6.45) is 1.52. The summed E-state index contributed by atoms with van der Waals surface area (Å²) < 4.78 is 34.1. The number of carbonyl (C=O) groups excluding carboxylic acids is 2. The predicted octanol–water partition coefficient (Wildman–Crippen LogP) is 1.34. The Morgan fingerprint density at radius 3 is 2.29 bits per heavy atom. The van der Waals surface area contributed by atoms with E-state index in [1.165, 1.54) is 31.2 Å². The number of esters is 1. The van der Waals surface area contributed by atoms with Crippen molar-refractivity contribution in [1.82, 2.24) is 5.06 Å². The molecule has 1 N–H and O–H groups in total. The first-order valence-corrected chi connectivity index (χ1v) is 8.66. The fraction of sp³-hybridized carbons (Fsp3) is 0.467. The third kappa shape index (κ3) is 6.26. The van der Waals surface area contributed by atoms with E-state index in [9.17, 15) is 18.0 Å². The van der Waals surface area contributed by atoms with Crippen molar-refractivity contribution in [3.8, 4) is 0 Å². The number of hydrogen-bond donors (Lipinski definition) is 1. The van der Waals surface area contributed by atoms with Crippen LogP contribution in [0.15, 0.2) is 29.2 Å². The average Bonchev–Trinajstić information content (AvgIpc) is 2.94. The van der Waals surface area contributed by atoms with Gasteiger partial charge in [0.1, 0.15) is 6.04 Å². The van der Waals surface area contributed by atoms with Crippen LogP contribution in [-0.2, 0) is 29.3 Å². The zero-order chi connectivity index (χ0) is 18.3. The standard InChI is InChI=1S/C8H13NO4.C7H8O3S/c1-6(10)13-9-5-3-4-7(9)8(11)12-2;1-6-2-4-7(5-3-6)11(8,9)10/h7H,3-5H2,1-2H3;2-5H,1H3,(H,8,9,10)/t7-;/m0./s1. The molecule has 1 aliphatic heterocycles. The quantitative estimate of drug-likeness (QED) is 0.636. The highest BCUT2D eigenvalue weighted by molar-refractivity contribution is 7.85. The van der Waals surface area contributed by atoms with E-state index in [4.69, 9.17) is 9.39 Å². The normalized spacial score (nSPS) is 17.6. The van der Waals surface area contributed by atoms with E-state index in [2.05, 4.69) is 4.74 Å². The smallest absolute Gasteiger partial charge is 0.326 e. The summed E-state index contributed by atoms with van der Waals surface area (Å²) in [5, 5.41) is 1.38. The van der Waals surface area contributed by atoms with E-state index in [-0.39, 0.29) is 10.9 Å². The highest BCUT2D eigenvalue weighted by Gasteiger charge is 2.33. The van der Waals surface area contributed by atoms with Crippen LogP contribution < -0.4 is 0 Å². The van der Waals surface area contributed by atoms with Gasteiger partial charge in [-0.2, -0.15) is 8.42 Å². The van der Waals surface area contributed by atoms with E-state index >= 15 is 0 Å². The second kappa shape index (κ2) is 8.76. The number of nitrogens with zero attached hydrogens (tertiary/aromatic N) is 1. The van der Waals surface area contributed by atoms with Gasteiger partial charge in [0.2, 0.25) is 0 Å². The molecule has 0 saturated carbocycles. The van der Waals surface area contributed by atoms with Gasteiger partial charge >= 0.3 is 11.9 Å². The monoisotopic (exact) mass is 359 g/mol. The summed E-state index contributed by atoms with van der Waals surface area (Å²) in [6, 6.07) is 5.57. The third-order valence-electron chi connectivity index (χ3n) is 3.24. The molecular weight excluding hydrogens is 338 g/mol. The van der Waals surface area contributed by atoms with Crippen LogP contribution in [-0.4, -0.2) is 49.7 Å². The average molecular weight is 359 g/mol. The van der Waals surface area contributed by atoms with Crippen LogP contribution >= 0.6 is 0 Å². The Morgan fingerprint density at radius 2 is 1.83 bits per heavy atom. The lowest BCUT2D eigenvalue weighted by Gasteiger charge is -2.19. The van der Waals surface area contributed by atoms with Crippen LogP contribution in [0.2, 0.25) is 0 Å². The summed E-state index contributed by atoms with van der Waals surface area (Å²) >= 11 is 0. The Labute approximate surface area is 141 Å². The molecule has 1 aromatic carbocycles. The zero-order valence-corrected chi connectivity index (χ0v) is 14.6. The molecule has 0 radical (unpaired) electrons. The third-order valence-corrected chi connectivity index (χ3v) is 4.11. The van der Waals surface area contributed by atoms with Crippen LogP contribution in [0.4, 0.5) is 0 Å². The molecule has 0 aliphatic carbocycles. The Hall–Kier alpha value is -1.97. The van der Waals surface area contributed by atoms with Gasteiger partial charge in [0.25, 0.3) is 10.1 Å². The lowest BCUT2D eigenvalue weighted by molar-refractivity contribution is -0.197. The molecule has 24 heavy (non-hydrogen) atoms. The van der Waals surface area contributed by atoms with Crippen molar-refractivity contribution in [2.75, 3.05) is 13.7 Å². The topological polar surface area (TPSA) is 110 Å². The van der Waals surface area contributed by atoms with Gasteiger partial charge in [0.05, 0.1) is 12.0 Å². The van der Waals surface area contributed by atoms with Crippen molar-refractivity contribution < 1.29 is 32.1 Å². The molecule has 8 nitrogen and oxygen atoms in total. The molecule has 1 saturated heterocycles. The van der Waals surface area contributed by atoms with Crippen molar-refractivity contribution >= 4 is 22.1 Å². The van der Waals surface area contributed by atoms with Crippen molar-refractivity contribution in [3.63, 3.8) is 0 Å². The van der Waals surface area contributed by atoms with E-state index in [0.717, 1.165) is 12.0 Å². The molecule has 1 aromatic rings. The van der Waals surface area contributed by atoms with Crippen molar-refractivity contribution in [1.29, 1.82) is 0 Å². The number of rotatable bonds is 3. The molecule has 0 bridgehead atoms. The number of hydrogen-bond acceptors (Lipinski definition) is 7. The van der Waals surface area contributed by atoms with Crippen LogP contribution in [0.1, 0.15) is 25.3 Å². The summed E-state index contributed by atoms with van der Waals surface area (Å²) in [5.41, 5.74) is 0.956. The molecule has 2 rings (SSSR count). The van der Waals surface area contributed by atoms with Crippen molar-refractivity contribution in [2.45, 2.75) is 37.6 Å². The van der Waals surface area contributed by atoms with Gasteiger partial charge in [0, 0.05) is 13.5 Å². The van der Waals surface area contributed by atoms with Crippen molar-refractivity contribution in [3.05, 3.63) is 29.8 Å². The minimum Gasteiger partial charge on any atom is -0.468 e. The van der Waals surface area contributed by atoms with Gasteiger partial charge in [-0.15, -0.1) is 5.06 Å². The van der Waals surface area contributed by atoms with Gasteiger partial charge in [-0.05, 0) is 31.9 Å². The van der Waals surface area contributed by atoms with Crippen LogP contribution in [0, 0.1) is 6.92 Å². The minimum atomic E-state index is -4.02. The highest BCUT2D eigenvalue weighted by Crippen LogP contribution is 2.18. The van der Waals surface area contributed by atoms with Gasteiger partial charge in [-0.25, -0.2) is 0 Å². The molecule has 0 amide bonds. The highest BCUT2D eigenvalue weighted by atomic mass is 32.2. The largest absolute Gasteiger partial charge is 0.468 e. The number of carbonyl (C=O) groups is 2. The van der Waals surface area contributed by atoms with E-state index < -0.39 is 22.1 Å². The summed E-state index contributed by atoms with van der Waals surface area (Å²) in [7, 11) is -2.69. The maximum Gasteiger partial charge on any atom is 0.326 e.